The van der Waals surface area contributed by atoms with Crippen molar-refractivity contribution in [1.82, 2.24) is 0 Å². The SMILES string of the molecule is C#CCCCNc1ccc(S(=O)(=O)C(F)F)cc1. The van der Waals surface area contributed by atoms with Gasteiger partial charge in [0.2, 0.25) is 9.84 Å². The van der Waals surface area contributed by atoms with Gasteiger partial charge in [0.05, 0.1) is 4.90 Å². The highest BCUT2D eigenvalue weighted by Crippen LogP contribution is 2.20. The predicted molar refractivity (Wildman–Crippen MR) is 66.2 cm³/mol. The molecule has 1 rings (SSSR count). The molecule has 98 valence electrons. The third-order valence-corrected chi connectivity index (χ3v) is 3.64. The Balaban J connectivity index is 2.67. The van der Waals surface area contributed by atoms with E-state index in [2.05, 4.69) is 11.2 Å². The van der Waals surface area contributed by atoms with E-state index in [9.17, 15) is 17.2 Å². The topological polar surface area (TPSA) is 46.2 Å². The van der Waals surface area contributed by atoms with Gasteiger partial charge in [-0.3, -0.25) is 0 Å². The highest BCUT2D eigenvalue weighted by molar-refractivity contribution is 7.91. The number of benzene rings is 1. The Kier molecular flexibility index (Phi) is 5.10. The van der Waals surface area contributed by atoms with Gasteiger partial charge in [-0.2, -0.15) is 8.78 Å². The van der Waals surface area contributed by atoms with Crippen LogP contribution in [0.15, 0.2) is 29.2 Å². The molecule has 6 heteroatoms. The number of nitrogens with one attached hydrogen (secondary N) is 1. The van der Waals surface area contributed by atoms with Gasteiger partial charge in [-0.1, -0.05) is 0 Å². The normalized spacial score (nSPS) is 11.2. The number of hydrogen-bond acceptors (Lipinski definition) is 3. The number of terminal acetylenes is 1. The van der Waals surface area contributed by atoms with Gasteiger partial charge in [-0.05, 0) is 30.7 Å². The average molecular weight is 273 g/mol. The molecule has 0 saturated carbocycles. The van der Waals surface area contributed by atoms with Gasteiger partial charge >= 0.3 is 5.76 Å². The Labute approximate surface area is 105 Å². The van der Waals surface area contributed by atoms with Crippen molar-refractivity contribution >= 4 is 15.5 Å². The molecule has 0 heterocycles. The van der Waals surface area contributed by atoms with Crippen LogP contribution in [0, 0.1) is 12.3 Å². The molecule has 3 nitrogen and oxygen atoms in total. The lowest BCUT2D eigenvalue weighted by molar-refractivity contribution is 0.234. The minimum atomic E-state index is -4.51. The highest BCUT2D eigenvalue weighted by Gasteiger charge is 2.26. The summed E-state index contributed by atoms with van der Waals surface area (Å²) in [6, 6.07) is 5.21. The lowest BCUT2D eigenvalue weighted by Gasteiger charge is -2.07. The van der Waals surface area contributed by atoms with Crippen molar-refractivity contribution in [2.24, 2.45) is 0 Å². The van der Waals surface area contributed by atoms with Crippen molar-refractivity contribution in [2.45, 2.75) is 23.5 Å². The van der Waals surface area contributed by atoms with Crippen LogP contribution in [-0.4, -0.2) is 20.7 Å². The molecule has 1 N–H and O–H groups in total. The molecule has 0 spiro atoms. The molecule has 18 heavy (non-hydrogen) atoms. The summed E-state index contributed by atoms with van der Waals surface area (Å²) in [7, 11) is -4.51. The van der Waals surface area contributed by atoms with Gasteiger partial charge in [-0.15, -0.1) is 12.3 Å². The number of halogens is 2. The molecule has 0 unspecified atom stereocenters. The molecule has 0 aliphatic carbocycles. The van der Waals surface area contributed by atoms with Crippen LogP contribution in [0.1, 0.15) is 12.8 Å². The first-order chi connectivity index (χ1) is 8.48. The summed E-state index contributed by atoms with van der Waals surface area (Å²) in [5, 5.41) is 3.01. The summed E-state index contributed by atoms with van der Waals surface area (Å²) in [6.07, 6.45) is 6.52. The number of anilines is 1. The first-order valence-electron chi connectivity index (χ1n) is 5.28. The predicted octanol–water partition coefficient (Wildman–Crippen LogP) is 2.51. The van der Waals surface area contributed by atoms with Gasteiger partial charge in [0, 0.05) is 18.7 Å². The second kappa shape index (κ2) is 6.36. The monoisotopic (exact) mass is 273 g/mol. The zero-order valence-electron chi connectivity index (χ0n) is 9.57. The summed E-state index contributed by atoms with van der Waals surface area (Å²) in [4.78, 5) is -0.383. The van der Waals surface area contributed by atoms with Gasteiger partial charge < -0.3 is 5.32 Å². The van der Waals surface area contributed by atoms with E-state index in [4.69, 9.17) is 6.42 Å². The summed E-state index contributed by atoms with van der Waals surface area (Å²) in [5.74, 6) is -0.904. The molecule has 0 saturated heterocycles. The molecule has 1 aromatic carbocycles. The number of unbranched alkanes of at least 4 members (excludes halogenated alkanes) is 1. The molecular weight excluding hydrogens is 260 g/mol. The number of alkyl halides is 2. The Morgan fingerprint density at radius 3 is 2.39 bits per heavy atom. The van der Waals surface area contributed by atoms with Crippen molar-refractivity contribution in [3.8, 4) is 12.3 Å². The third-order valence-electron chi connectivity index (χ3n) is 2.24. The summed E-state index contributed by atoms with van der Waals surface area (Å²) >= 11 is 0. The lowest BCUT2D eigenvalue weighted by atomic mass is 10.3. The van der Waals surface area contributed by atoms with E-state index in [1.165, 1.54) is 12.1 Å². The maximum absolute atomic E-state index is 12.3. The first-order valence-corrected chi connectivity index (χ1v) is 6.82. The van der Waals surface area contributed by atoms with Crippen LogP contribution in [0.2, 0.25) is 0 Å². The standard InChI is InChI=1S/C12H13F2NO2S/c1-2-3-4-9-15-10-5-7-11(8-6-10)18(16,17)12(13)14/h1,5-8,12,15H,3-4,9H2. The smallest absolute Gasteiger partial charge is 0.341 e. The number of hydrogen-bond donors (Lipinski definition) is 1. The summed E-state index contributed by atoms with van der Waals surface area (Å²) in [6.45, 7) is 0.644. The molecule has 0 radical (unpaired) electrons. The second-order valence-corrected chi connectivity index (χ2v) is 5.48. The fourth-order valence-corrected chi connectivity index (χ4v) is 2.01. The molecule has 0 aliphatic rings. The Bertz CT molecular complexity index is 518. The van der Waals surface area contributed by atoms with Crippen molar-refractivity contribution in [3.63, 3.8) is 0 Å². The van der Waals surface area contributed by atoms with Crippen LogP contribution in [0.4, 0.5) is 14.5 Å². The molecule has 0 aromatic heterocycles. The van der Waals surface area contributed by atoms with Crippen LogP contribution in [0.3, 0.4) is 0 Å². The van der Waals surface area contributed by atoms with E-state index < -0.39 is 15.6 Å². The zero-order valence-corrected chi connectivity index (χ0v) is 10.4. The van der Waals surface area contributed by atoms with E-state index in [0.717, 1.165) is 18.6 Å². The lowest BCUT2D eigenvalue weighted by Crippen LogP contribution is -2.11. The fraction of sp³-hybridized carbons (Fsp3) is 0.333. The second-order valence-electron chi connectivity index (χ2n) is 3.56. The Morgan fingerprint density at radius 1 is 1.28 bits per heavy atom. The summed E-state index contributed by atoms with van der Waals surface area (Å²) < 4.78 is 46.8. The van der Waals surface area contributed by atoms with Crippen molar-refractivity contribution in [2.75, 3.05) is 11.9 Å². The van der Waals surface area contributed by atoms with Crippen LogP contribution in [0.25, 0.3) is 0 Å². The number of rotatable bonds is 6. The first kappa shape index (κ1) is 14.5. The van der Waals surface area contributed by atoms with Crippen LogP contribution in [0.5, 0.6) is 0 Å². The van der Waals surface area contributed by atoms with Crippen molar-refractivity contribution < 1.29 is 17.2 Å². The quantitative estimate of drug-likeness (QED) is 0.640. The Hall–Kier alpha value is -1.61. The minimum absolute atomic E-state index is 0.383. The maximum Gasteiger partial charge on any atom is 0.341 e. The van der Waals surface area contributed by atoms with Crippen LogP contribution < -0.4 is 5.32 Å². The fourth-order valence-electron chi connectivity index (χ4n) is 1.29. The van der Waals surface area contributed by atoms with E-state index >= 15 is 0 Å². The molecule has 0 bridgehead atoms. The van der Waals surface area contributed by atoms with Crippen molar-refractivity contribution in [1.29, 1.82) is 0 Å². The van der Waals surface area contributed by atoms with E-state index in [1.807, 2.05) is 0 Å². The zero-order chi connectivity index (χ0) is 13.6. The number of sulfone groups is 1. The van der Waals surface area contributed by atoms with Gasteiger partial charge in [0.1, 0.15) is 0 Å². The van der Waals surface area contributed by atoms with Gasteiger partial charge in [-0.25, -0.2) is 8.42 Å². The third kappa shape index (κ3) is 3.70. The van der Waals surface area contributed by atoms with Crippen LogP contribution >= 0.6 is 0 Å². The van der Waals surface area contributed by atoms with E-state index in [0.29, 0.717) is 18.7 Å². The van der Waals surface area contributed by atoms with E-state index in [-0.39, 0.29) is 4.90 Å². The average Bonchev–Trinajstić information content (AvgIpc) is 2.35. The molecule has 0 amide bonds. The molecule has 1 aromatic rings. The van der Waals surface area contributed by atoms with Gasteiger partial charge in [0.25, 0.3) is 0 Å². The molecular formula is C12H13F2NO2S. The molecule has 0 aliphatic heterocycles. The maximum atomic E-state index is 12.3. The minimum Gasteiger partial charge on any atom is -0.385 e. The Morgan fingerprint density at radius 2 is 1.89 bits per heavy atom. The summed E-state index contributed by atoms with van der Waals surface area (Å²) in [5.41, 5.74) is 0.667. The van der Waals surface area contributed by atoms with Gasteiger partial charge in [0.15, 0.2) is 0 Å². The molecule has 0 fully saturated rings. The highest BCUT2D eigenvalue weighted by atomic mass is 32.2. The van der Waals surface area contributed by atoms with Crippen LogP contribution in [-0.2, 0) is 9.84 Å². The molecule has 0 atom stereocenters. The van der Waals surface area contributed by atoms with E-state index in [1.54, 1.807) is 0 Å². The van der Waals surface area contributed by atoms with Crippen molar-refractivity contribution in [3.05, 3.63) is 24.3 Å². The largest absolute Gasteiger partial charge is 0.385 e.